The van der Waals surface area contributed by atoms with Crippen molar-refractivity contribution in [3.63, 3.8) is 0 Å². The Kier molecular flexibility index (Phi) is 3.94. The minimum absolute atomic E-state index is 0.303. The monoisotopic (exact) mass is 273 g/mol. The Bertz CT molecular complexity index is 583. The van der Waals surface area contributed by atoms with Crippen LogP contribution in [0.15, 0.2) is 24.3 Å². The van der Waals surface area contributed by atoms with Gasteiger partial charge >= 0.3 is 0 Å². The minimum Gasteiger partial charge on any atom is -0.379 e. The normalized spacial score (nSPS) is 16.4. The minimum atomic E-state index is 0.303. The van der Waals surface area contributed by atoms with Crippen molar-refractivity contribution in [1.82, 2.24) is 14.9 Å². The van der Waals surface area contributed by atoms with E-state index in [1.165, 1.54) is 0 Å². The van der Waals surface area contributed by atoms with Crippen LogP contribution >= 0.6 is 0 Å². The average Bonchev–Trinajstić information content (AvgIpc) is 2.48. The molecule has 1 aliphatic heterocycles. The highest BCUT2D eigenvalue weighted by Gasteiger charge is 2.10. The highest BCUT2D eigenvalue weighted by molar-refractivity contribution is 5.89. The molecule has 1 aromatic heterocycles. The van der Waals surface area contributed by atoms with Crippen LogP contribution in [0.2, 0.25) is 0 Å². The van der Waals surface area contributed by atoms with Gasteiger partial charge in [-0.25, -0.2) is 4.98 Å². The summed E-state index contributed by atoms with van der Waals surface area (Å²) in [5.41, 5.74) is 6.62. The number of nitrogens with two attached hydrogens (primary N) is 1. The summed E-state index contributed by atoms with van der Waals surface area (Å²) in [6, 6.07) is 7.88. The van der Waals surface area contributed by atoms with Crippen molar-refractivity contribution < 1.29 is 4.74 Å². The first-order valence-electron chi connectivity index (χ1n) is 6.89. The molecular formula is C14H19N5O. The van der Waals surface area contributed by atoms with Gasteiger partial charge < -0.3 is 15.8 Å². The predicted molar refractivity (Wildman–Crippen MR) is 79.7 cm³/mol. The number of aromatic nitrogens is 2. The van der Waals surface area contributed by atoms with E-state index in [-0.39, 0.29) is 0 Å². The fourth-order valence-corrected chi connectivity index (χ4v) is 2.39. The molecule has 6 heteroatoms. The van der Waals surface area contributed by atoms with Gasteiger partial charge in [-0.2, -0.15) is 4.98 Å². The molecule has 2 heterocycles. The van der Waals surface area contributed by atoms with E-state index in [0.717, 1.165) is 56.1 Å². The van der Waals surface area contributed by atoms with Crippen molar-refractivity contribution in [3.05, 3.63) is 24.3 Å². The lowest BCUT2D eigenvalue weighted by Crippen LogP contribution is -2.39. The lowest BCUT2D eigenvalue weighted by atomic mass is 10.2. The van der Waals surface area contributed by atoms with Gasteiger partial charge in [-0.15, -0.1) is 0 Å². The van der Waals surface area contributed by atoms with Gasteiger partial charge in [0.05, 0.1) is 18.7 Å². The number of hydrogen-bond donors (Lipinski definition) is 2. The molecule has 2 aromatic rings. The van der Waals surface area contributed by atoms with Crippen LogP contribution in [-0.4, -0.2) is 54.3 Å². The van der Waals surface area contributed by atoms with E-state index >= 15 is 0 Å². The molecule has 1 saturated heterocycles. The van der Waals surface area contributed by atoms with Crippen LogP contribution in [0.1, 0.15) is 0 Å². The molecule has 1 aromatic carbocycles. The van der Waals surface area contributed by atoms with E-state index in [4.69, 9.17) is 10.5 Å². The molecule has 0 radical (unpaired) electrons. The molecule has 3 N–H and O–H groups in total. The second kappa shape index (κ2) is 6.02. The lowest BCUT2D eigenvalue weighted by molar-refractivity contribution is 0.0398. The largest absolute Gasteiger partial charge is 0.379 e. The van der Waals surface area contributed by atoms with Crippen molar-refractivity contribution in [2.24, 2.45) is 0 Å². The number of nitrogens with zero attached hydrogens (tertiary/aromatic N) is 3. The molecule has 0 unspecified atom stereocenters. The van der Waals surface area contributed by atoms with Gasteiger partial charge in [0.25, 0.3) is 0 Å². The van der Waals surface area contributed by atoms with Crippen molar-refractivity contribution in [2.75, 3.05) is 50.4 Å². The number of benzene rings is 1. The zero-order valence-corrected chi connectivity index (χ0v) is 11.4. The Hall–Kier alpha value is -1.92. The van der Waals surface area contributed by atoms with Crippen LogP contribution in [0.3, 0.4) is 0 Å². The summed E-state index contributed by atoms with van der Waals surface area (Å²) >= 11 is 0. The van der Waals surface area contributed by atoms with Gasteiger partial charge in [0.1, 0.15) is 5.82 Å². The lowest BCUT2D eigenvalue weighted by Gasteiger charge is -2.26. The van der Waals surface area contributed by atoms with Crippen molar-refractivity contribution >= 4 is 22.7 Å². The Balaban J connectivity index is 1.67. The number of rotatable bonds is 4. The van der Waals surface area contributed by atoms with Gasteiger partial charge in [0.15, 0.2) is 0 Å². The fraction of sp³-hybridized carbons (Fsp3) is 0.429. The molecule has 0 saturated carbocycles. The van der Waals surface area contributed by atoms with Gasteiger partial charge in [0, 0.05) is 31.6 Å². The maximum absolute atomic E-state index is 5.75. The van der Waals surface area contributed by atoms with Crippen LogP contribution < -0.4 is 11.1 Å². The van der Waals surface area contributed by atoms with E-state index in [0.29, 0.717) is 5.95 Å². The van der Waals surface area contributed by atoms with Gasteiger partial charge in [0.2, 0.25) is 5.95 Å². The maximum atomic E-state index is 5.75. The molecule has 0 amide bonds. The van der Waals surface area contributed by atoms with Gasteiger partial charge in [-0.05, 0) is 12.1 Å². The number of ether oxygens (including phenoxy) is 1. The van der Waals surface area contributed by atoms with E-state index in [1.807, 2.05) is 24.3 Å². The molecule has 6 nitrogen and oxygen atoms in total. The summed E-state index contributed by atoms with van der Waals surface area (Å²) in [5.74, 6) is 1.11. The first-order valence-corrected chi connectivity index (χ1v) is 6.89. The Morgan fingerprint density at radius 3 is 2.85 bits per heavy atom. The smallest absolute Gasteiger partial charge is 0.222 e. The highest BCUT2D eigenvalue weighted by atomic mass is 16.5. The van der Waals surface area contributed by atoms with Crippen LogP contribution in [-0.2, 0) is 4.74 Å². The topological polar surface area (TPSA) is 76.3 Å². The number of anilines is 2. The quantitative estimate of drug-likeness (QED) is 0.864. The molecule has 3 rings (SSSR count). The summed E-state index contributed by atoms with van der Waals surface area (Å²) in [7, 11) is 0. The number of morpholine rings is 1. The third-order valence-corrected chi connectivity index (χ3v) is 3.44. The molecule has 0 bridgehead atoms. The number of nitrogen functional groups attached to an aromatic ring is 1. The second-order valence-electron chi connectivity index (χ2n) is 4.83. The maximum Gasteiger partial charge on any atom is 0.222 e. The predicted octanol–water partition coefficient (Wildman–Crippen LogP) is 0.956. The summed E-state index contributed by atoms with van der Waals surface area (Å²) in [6.07, 6.45) is 0. The molecule has 0 aliphatic carbocycles. The zero-order valence-electron chi connectivity index (χ0n) is 11.4. The number of fused-ring (bicyclic) bond motifs is 1. The zero-order chi connectivity index (χ0) is 13.8. The van der Waals surface area contributed by atoms with Crippen LogP contribution in [0.25, 0.3) is 10.9 Å². The van der Waals surface area contributed by atoms with E-state index in [9.17, 15) is 0 Å². The molecule has 0 atom stereocenters. The van der Waals surface area contributed by atoms with Crippen molar-refractivity contribution in [1.29, 1.82) is 0 Å². The third-order valence-electron chi connectivity index (χ3n) is 3.44. The second-order valence-corrected chi connectivity index (χ2v) is 4.83. The third kappa shape index (κ3) is 2.97. The Morgan fingerprint density at radius 1 is 1.20 bits per heavy atom. The van der Waals surface area contributed by atoms with Crippen LogP contribution in [0, 0.1) is 0 Å². The Morgan fingerprint density at radius 2 is 2.00 bits per heavy atom. The first kappa shape index (κ1) is 13.1. The van der Waals surface area contributed by atoms with Gasteiger partial charge in [-0.1, -0.05) is 12.1 Å². The molecule has 0 spiro atoms. The summed E-state index contributed by atoms with van der Waals surface area (Å²) in [4.78, 5) is 10.9. The number of para-hydroxylation sites is 1. The van der Waals surface area contributed by atoms with Crippen molar-refractivity contribution in [3.8, 4) is 0 Å². The standard InChI is InChI=1S/C14H19N5O/c15-14-17-12-4-2-1-3-11(12)13(18-14)16-5-6-19-7-9-20-10-8-19/h1-4H,5-10H2,(H3,15,16,17,18). The first-order chi connectivity index (χ1) is 9.83. The molecular weight excluding hydrogens is 254 g/mol. The molecule has 106 valence electrons. The van der Waals surface area contributed by atoms with Crippen LogP contribution in [0.5, 0.6) is 0 Å². The summed E-state index contributed by atoms with van der Waals surface area (Å²) in [5, 5.41) is 4.37. The van der Waals surface area contributed by atoms with E-state index in [2.05, 4.69) is 20.2 Å². The summed E-state index contributed by atoms with van der Waals surface area (Å²) < 4.78 is 5.34. The molecule has 1 aliphatic rings. The van der Waals surface area contributed by atoms with Crippen LogP contribution in [0.4, 0.5) is 11.8 Å². The highest BCUT2D eigenvalue weighted by Crippen LogP contribution is 2.20. The van der Waals surface area contributed by atoms with Crippen molar-refractivity contribution in [2.45, 2.75) is 0 Å². The average molecular weight is 273 g/mol. The molecule has 20 heavy (non-hydrogen) atoms. The molecule has 1 fully saturated rings. The summed E-state index contributed by atoms with van der Waals surface area (Å²) in [6.45, 7) is 5.44. The van der Waals surface area contributed by atoms with Gasteiger partial charge in [-0.3, -0.25) is 4.90 Å². The Labute approximate surface area is 117 Å². The van der Waals surface area contributed by atoms with E-state index in [1.54, 1.807) is 0 Å². The number of hydrogen-bond acceptors (Lipinski definition) is 6. The SMILES string of the molecule is Nc1nc(NCCN2CCOCC2)c2ccccc2n1. The van der Waals surface area contributed by atoms with E-state index < -0.39 is 0 Å². The number of nitrogens with one attached hydrogen (secondary N) is 1. The fourth-order valence-electron chi connectivity index (χ4n) is 2.39.